The van der Waals surface area contributed by atoms with Crippen LogP contribution in [0.2, 0.25) is 0 Å². The summed E-state index contributed by atoms with van der Waals surface area (Å²) in [5.74, 6) is -1.16. The van der Waals surface area contributed by atoms with Gasteiger partial charge in [0.15, 0.2) is 0 Å². The van der Waals surface area contributed by atoms with Gasteiger partial charge in [-0.15, -0.1) is 11.8 Å². The van der Waals surface area contributed by atoms with Gasteiger partial charge >= 0.3 is 5.97 Å². The molecule has 0 unspecified atom stereocenters. The van der Waals surface area contributed by atoms with Crippen molar-refractivity contribution in [2.45, 2.75) is 56.8 Å². The molecule has 198 valence electrons. The first-order chi connectivity index (χ1) is 17.5. The van der Waals surface area contributed by atoms with Crippen LogP contribution in [-0.4, -0.2) is 47.2 Å². The molecule has 0 saturated heterocycles. The molecule has 0 spiro atoms. The van der Waals surface area contributed by atoms with Crippen LogP contribution in [0.15, 0.2) is 65.6 Å². The van der Waals surface area contributed by atoms with Crippen LogP contribution in [0, 0.1) is 12.7 Å². The second-order valence-electron chi connectivity index (χ2n) is 9.96. The zero-order valence-corrected chi connectivity index (χ0v) is 22.9. The Kier molecular flexibility index (Phi) is 9.90. The molecule has 0 aliphatic rings. The maximum atomic E-state index is 14.1. The molecular formula is C30H36FNO4S. The van der Waals surface area contributed by atoms with Gasteiger partial charge < -0.3 is 20.3 Å². The van der Waals surface area contributed by atoms with E-state index in [-0.39, 0.29) is 29.6 Å². The minimum Gasteiger partial charge on any atom is -0.478 e. The van der Waals surface area contributed by atoms with Crippen LogP contribution in [-0.2, 0) is 11.2 Å². The Morgan fingerprint density at radius 1 is 1.14 bits per heavy atom. The second kappa shape index (κ2) is 12.7. The van der Waals surface area contributed by atoms with Crippen LogP contribution in [0.5, 0.6) is 0 Å². The Morgan fingerprint density at radius 3 is 2.51 bits per heavy atom. The van der Waals surface area contributed by atoms with Crippen LogP contribution in [0.3, 0.4) is 0 Å². The normalized spacial score (nSPS) is 13.4. The van der Waals surface area contributed by atoms with Crippen molar-refractivity contribution in [3.8, 4) is 11.1 Å². The Labute approximate surface area is 223 Å². The molecule has 0 amide bonds. The summed E-state index contributed by atoms with van der Waals surface area (Å²) in [5.41, 5.74) is 4.37. The van der Waals surface area contributed by atoms with E-state index in [1.807, 2.05) is 69.5 Å². The van der Waals surface area contributed by atoms with Crippen molar-refractivity contribution in [3.63, 3.8) is 0 Å². The molecule has 7 heteroatoms. The van der Waals surface area contributed by atoms with Crippen LogP contribution in [0.4, 0.5) is 4.39 Å². The summed E-state index contributed by atoms with van der Waals surface area (Å²) in [7, 11) is 0. The van der Waals surface area contributed by atoms with E-state index >= 15 is 0 Å². The van der Waals surface area contributed by atoms with Gasteiger partial charge in [0.05, 0.1) is 24.4 Å². The van der Waals surface area contributed by atoms with Crippen LogP contribution >= 0.6 is 11.8 Å². The third-order valence-electron chi connectivity index (χ3n) is 6.38. The molecular weight excluding hydrogens is 489 g/mol. The van der Waals surface area contributed by atoms with E-state index in [1.165, 1.54) is 11.8 Å². The minimum atomic E-state index is -0.944. The first-order valence-corrected chi connectivity index (χ1v) is 13.5. The number of carboxylic acid groups (broad SMARTS) is 1. The van der Waals surface area contributed by atoms with Gasteiger partial charge in [0, 0.05) is 17.0 Å². The van der Waals surface area contributed by atoms with Crippen molar-refractivity contribution < 1.29 is 24.1 Å². The predicted molar refractivity (Wildman–Crippen MR) is 148 cm³/mol. The fourth-order valence-electron chi connectivity index (χ4n) is 4.38. The molecule has 0 heterocycles. The van der Waals surface area contributed by atoms with Crippen LogP contribution in [0.1, 0.15) is 53.9 Å². The lowest BCUT2D eigenvalue weighted by Crippen LogP contribution is -2.46. The molecule has 0 aliphatic heterocycles. The number of aliphatic hydroxyl groups is 1. The number of hydrogen-bond acceptors (Lipinski definition) is 5. The summed E-state index contributed by atoms with van der Waals surface area (Å²) < 4.78 is 20.2. The minimum absolute atomic E-state index is 0.145. The first kappa shape index (κ1) is 28.9. The van der Waals surface area contributed by atoms with Gasteiger partial charge in [-0.2, -0.15) is 0 Å². The molecule has 0 aliphatic carbocycles. The van der Waals surface area contributed by atoms with Gasteiger partial charge in [-0.1, -0.05) is 42.5 Å². The molecule has 0 radical (unpaired) electrons. The second-order valence-corrected chi connectivity index (χ2v) is 10.8. The van der Waals surface area contributed by atoms with E-state index in [0.717, 1.165) is 22.3 Å². The van der Waals surface area contributed by atoms with Gasteiger partial charge in [0.2, 0.25) is 0 Å². The number of rotatable bonds is 12. The fraction of sp³-hybridized carbons (Fsp3) is 0.367. The number of aryl methyl sites for hydroxylation is 1. The van der Waals surface area contributed by atoms with E-state index in [9.17, 15) is 19.4 Å². The number of aliphatic hydroxyl groups excluding tert-OH is 1. The first-order valence-electron chi connectivity index (χ1n) is 12.3. The lowest BCUT2D eigenvalue weighted by atomic mass is 9.94. The van der Waals surface area contributed by atoms with Crippen molar-refractivity contribution in [1.29, 1.82) is 0 Å². The summed E-state index contributed by atoms with van der Waals surface area (Å²) >= 11 is 1.38. The number of hydrogen-bond donors (Lipinski definition) is 3. The van der Waals surface area contributed by atoms with Gasteiger partial charge in [-0.3, -0.25) is 0 Å². The average Bonchev–Trinajstić information content (AvgIpc) is 2.85. The zero-order chi connectivity index (χ0) is 27.2. The van der Waals surface area contributed by atoms with Gasteiger partial charge in [-0.05, 0) is 86.4 Å². The lowest BCUT2D eigenvalue weighted by molar-refractivity contribution is -0.00397. The third-order valence-corrected chi connectivity index (χ3v) is 7.15. The molecule has 0 saturated carbocycles. The largest absolute Gasteiger partial charge is 0.478 e. The highest BCUT2D eigenvalue weighted by molar-refractivity contribution is 7.98. The number of carboxylic acids is 1. The van der Waals surface area contributed by atoms with Crippen LogP contribution in [0.25, 0.3) is 11.1 Å². The number of carbonyl (C=O) groups is 1. The third kappa shape index (κ3) is 7.89. The molecule has 37 heavy (non-hydrogen) atoms. The van der Waals surface area contributed by atoms with E-state index in [1.54, 1.807) is 25.1 Å². The lowest BCUT2D eigenvalue weighted by Gasteiger charge is -2.28. The summed E-state index contributed by atoms with van der Waals surface area (Å²) in [6, 6.07) is 18.5. The Hall–Kier alpha value is -2.71. The smallest absolute Gasteiger partial charge is 0.335 e. The summed E-state index contributed by atoms with van der Waals surface area (Å²) in [6.07, 6.45) is 1.47. The van der Waals surface area contributed by atoms with Crippen molar-refractivity contribution in [1.82, 2.24) is 5.32 Å². The number of ether oxygens (including phenoxy) is 1. The average molecular weight is 526 g/mol. The highest BCUT2D eigenvalue weighted by Gasteiger charge is 2.21. The summed E-state index contributed by atoms with van der Waals surface area (Å²) in [6.45, 7) is 8.26. The number of aromatic carboxylic acids is 1. The molecule has 0 aromatic heterocycles. The molecule has 3 N–H and O–H groups in total. The number of benzene rings is 3. The highest BCUT2D eigenvalue weighted by atomic mass is 32.2. The maximum absolute atomic E-state index is 14.1. The molecule has 3 aromatic rings. The fourth-order valence-corrected chi connectivity index (χ4v) is 4.83. The van der Waals surface area contributed by atoms with E-state index in [0.29, 0.717) is 23.4 Å². The van der Waals surface area contributed by atoms with Crippen LogP contribution < -0.4 is 5.32 Å². The Morgan fingerprint density at radius 2 is 1.86 bits per heavy atom. The van der Waals surface area contributed by atoms with Crippen molar-refractivity contribution >= 4 is 17.7 Å². The maximum Gasteiger partial charge on any atom is 0.335 e. The summed E-state index contributed by atoms with van der Waals surface area (Å²) in [5, 5.41) is 23.3. The van der Waals surface area contributed by atoms with E-state index < -0.39 is 12.1 Å². The van der Waals surface area contributed by atoms with E-state index in [4.69, 9.17) is 4.74 Å². The molecule has 3 rings (SSSR count). The van der Waals surface area contributed by atoms with Gasteiger partial charge in [-0.25, -0.2) is 9.18 Å². The molecule has 0 bridgehead atoms. The number of halogens is 1. The standard InChI is InChI=1S/C30H36FNO4S/c1-19-14-22(11-12-24(19)29(34)35)26-9-7-6-8-25(26)20(2)36-18-23(33)17-32-30(3,4)16-21-10-13-28(37-5)27(31)15-21/h6-15,20,23,32-33H,16-18H2,1-5H3,(H,34,35)/t20-,23-/m1/s1. The van der Waals surface area contributed by atoms with Crippen molar-refractivity contribution in [3.05, 3.63) is 88.7 Å². The Bertz CT molecular complexity index is 1230. The molecule has 3 aromatic carbocycles. The van der Waals surface area contributed by atoms with Gasteiger partial charge in [0.1, 0.15) is 5.82 Å². The number of thioether (sulfide) groups is 1. The highest BCUT2D eigenvalue weighted by Crippen LogP contribution is 2.31. The topological polar surface area (TPSA) is 78.8 Å². The molecule has 0 fully saturated rings. The number of nitrogens with one attached hydrogen (secondary N) is 1. The summed E-state index contributed by atoms with van der Waals surface area (Å²) in [4.78, 5) is 12.0. The SMILES string of the molecule is CSc1ccc(CC(C)(C)NC[C@@H](O)CO[C@H](C)c2ccccc2-c2ccc(C(=O)O)c(C)c2)cc1F. The van der Waals surface area contributed by atoms with E-state index in [2.05, 4.69) is 5.32 Å². The van der Waals surface area contributed by atoms with Gasteiger partial charge in [0.25, 0.3) is 0 Å². The number of β-amino-alcohol motifs (C(OH)–C–C–N with tert-alkyl or cyclic N) is 1. The quantitative estimate of drug-likeness (QED) is 0.242. The predicted octanol–water partition coefficient (Wildman–Crippen LogP) is 6.27. The van der Waals surface area contributed by atoms with Crippen molar-refractivity contribution in [2.75, 3.05) is 19.4 Å². The molecule has 5 nitrogen and oxygen atoms in total. The Balaban J connectivity index is 1.58. The zero-order valence-electron chi connectivity index (χ0n) is 22.0. The monoisotopic (exact) mass is 525 g/mol. The van der Waals surface area contributed by atoms with Crippen molar-refractivity contribution in [2.24, 2.45) is 0 Å². The molecule has 2 atom stereocenters.